The lowest BCUT2D eigenvalue weighted by Gasteiger charge is -2.16. The highest BCUT2D eigenvalue weighted by atomic mass is 32.2. The summed E-state index contributed by atoms with van der Waals surface area (Å²) in [6.07, 6.45) is 3.92. The molecule has 3 aromatic rings. The van der Waals surface area contributed by atoms with Crippen LogP contribution in [0, 0.1) is 0 Å². The summed E-state index contributed by atoms with van der Waals surface area (Å²) in [5.74, 6) is 0.678. The van der Waals surface area contributed by atoms with Crippen LogP contribution in [0.2, 0.25) is 0 Å². The van der Waals surface area contributed by atoms with E-state index in [-0.39, 0.29) is 11.7 Å². The van der Waals surface area contributed by atoms with Gasteiger partial charge in [-0.2, -0.15) is 0 Å². The molecular weight excluding hydrogens is 334 g/mol. The van der Waals surface area contributed by atoms with E-state index in [4.69, 9.17) is 9.72 Å². The van der Waals surface area contributed by atoms with E-state index in [9.17, 15) is 4.79 Å². The van der Waals surface area contributed by atoms with Gasteiger partial charge in [0, 0.05) is 18.6 Å². The van der Waals surface area contributed by atoms with Gasteiger partial charge in [-0.15, -0.1) is 0 Å². The Bertz CT molecular complexity index is 921. The van der Waals surface area contributed by atoms with Crippen LogP contribution < -0.4 is 5.56 Å². The Morgan fingerprint density at radius 3 is 2.88 bits per heavy atom. The largest absolute Gasteiger partial charge is 0.376 e. The zero-order valence-corrected chi connectivity index (χ0v) is 14.6. The first kappa shape index (κ1) is 16.3. The Morgan fingerprint density at radius 2 is 2.08 bits per heavy atom. The van der Waals surface area contributed by atoms with E-state index in [1.54, 1.807) is 22.5 Å². The third-order valence-corrected chi connectivity index (χ3v) is 5.32. The van der Waals surface area contributed by atoms with Crippen molar-refractivity contribution in [2.45, 2.75) is 36.4 Å². The number of hydrogen-bond acceptors (Lipinski definition) is 5. The summed E-state index contributed by atoms with van der Waals surface area (Å²) in [6.45, 7) is 1.33. The molecule has 1 saturated heterocycles. The third kappa shape index (κ3) is 3.60. The van der Waals surface area contributed by atoms with Crippen LogP contribution in [0.25, 0.3) is 10.9 Å². The van der Waals surface area contributed by atoms with Gasteiger partial charge in [-0.3, -0.25) is 14.3 Å². The van der Waals surface area contributed by atoms with Crippen molar-refractivity contribution >= 4 is 22.7 Å². The molecule has 25 heavy (non-hydrogen) atoms. The van der Waals surface area contributed by atoms with Crippen LogP contribution >= 0.6 is 11.8 Å². The van der Waals surface area contributed by atoms with E-state index in [0.29, 0.717) is 17.7 Å². The van der Waals surface area contributed by atoms with E-state index in [1.165, 1.54) is 0 Å². The predicted molar refractivity (Wildman–Crippen MR) is 98.8 cm³/mol. The van der Waals surface area contributed by atoms with Gasteiger partial charge in [0.2, 0.25) is 0 Å². The molecule has 6 heteroatoms. The normalized spacial score (nSPS) is 17.2. The van der Waals surface area contributed by atoms with Crippen LogP contribution in [0.4, 0.5) is 0 Å². The molecule has 0 saturated carbocycles. The Hall–Kier alpha value is -2.18. The predicted octanol–water partition coefficient (Wildman–Crippen LogP) is 3.26. The zero-order chi connectivity index (χ0) is 17.1. The van der Waals surface area contributed by atoms with E-state index in [0.717, 1.165) is 35.8 Å². The summed E-state index contributed by atoms with van der Waals surface area (Å²) < 4.78 is 7.50. The Balaban J connectivity index is 1.70. The van der Waals surface area contributed by atoms with Crippen LogP contribution in [-0.2, 0) is 17.0 Å². The molecule has 128 valence electrons. The lowest BCUT2D eigenvalue weighted by atomic mass is 10.2. The summed E-state index contributed by atoms with van der Waals surface area (Å²) in [4.78, 5) is 22.1. The molecule has 1 fully saturated rings. The number of ether oxygens (including phenoxy) is 1. The number of nitrogens with zero attached hydrogens (tertiary/aromatic N) is 3. The first-order chi connectivity index (χ1) is 12.3. The third-order valence-electron chi connectivity index (χ3n) is 4.31. The van der Waals surface area contributed by atoms with Gasteiger partial charge in [0.05, 0.1) is 29.2 Å². The minimum atomic E-state index is 0.00428. The van der Waals surface area contributed by atoms with Crippen LogP contribution in [0.15, 0.2) is 58.6 Å². The monoisotopic (exact) mass is 353 g/mol. The molecule has 0 bridgehead atoms. The molecule has 0 spiro atoms. The zero-order valence-electron chi connectivity index (χ0n) is 13.8. The summed E-state index contributed by atoms with van der Waals surface area (Å²) in [7, 11) is 0. The molecule has 0 unspecified atom stereocenters. The van der Waals surface area contributed by atoms with Crippen LogP contribution in [0.1, 0.15) is 18.5 Å². The number of hydrogen-bond donors (Lipinski definition) is 0. The highest BCUT2D eigenvalue weighted by Gasteiger charge is 2.20. The first-order valence-electron chi connectivity index (χ1n) is 8.45. The van der Waals surface area contributed by atoms with Crippen LogP contribution in [-0.4, -0.2) is 27.2 Å². The number of thioether (sulfide) groups is 1. The second-order valence-electron chi connectivity index (χ2n) is 6.07. The SMILES string of the molecule is O=c1c2ccccc2nc(SCc2ccccn2)n1C[C@@H]1CCCO1. The topological polar surface area (TPSA) is 57.0 Å². The minimum Gasteiger partial charge on any atom is -0.376 e. The second kappa shape index (κ2) is 7.37. The van der Waals surface area contributed by atoms with E-state index < -0.39 is 0 Å². The molecule has 1 aliphatic heterocycles. The van der Waals surface area contributed by atoms with Crippen molar-refractivity contribution in [3.05, 3.63) is 64.7 Å². The number of pyridine rings is 1. The number of para-hydroxylation sites is 1. The van der Waals surface area contributed by atoms with E-state index in [1.807, 2.05) is 42.5 Å². The van der Waals surface area contributed by atoms with Crippen molar-refractivity contribution in [2.75, 3.05) is 6.61 Å². The molecule has 5 nitrogen and oxygen atoms in total. The van der Waals surface area contributed by atoms with Gasteiger partial charge in [0.15, 0.2) is 5.16 Å². The van der Waals surface area contributed by atoms with Gasteiger partial charge >= 0.3 is 0 Å². The maximum Gasteiger partial charge on any atom is 0.262 e. The molecule has 0 radical (unpaired) electrons. The highest BCUT2D eigenvalue weighted by molar-refractivity contribution is 7.98. The number of aromatic nitrogens is 3. The lowest BCUT2D eigenvalue weighted by molar-refractivity contribution is 0.0937. The van der Waals surface area contributed by atoms with Gasteiger partial charge in [-0.25, -0.2) is 4.98 Å². The highest BCUT2D eigenvalue weighted by Crippen LogP contribution is 2.23. The molecule has 0 aliphatic carbocycles. The molecule has 2 aromatic heterocycles. The fraction of sp³-hybridized carbons (Fsp3) is 0.316. The molecular formula is C19H19N3O2S. The Kier molecular flexibility index (Phi) is 4.81. The smallest absolute Gasteiger partial charge is 0.262 e. The fourth-order valence-corrected chi connectivity index (χ4v) is 3.96. The fourth-order valence-electron chi connectivity index (χ4n) is 3.03. The van der Waals surface area contributed by atoms with Crippen molar-refractivity contribution in [3.63, 3.8) is 0 Å². The standard InChI is InChI=1S/C19H19N3O2S/c23-18-16-8-1-2-9-17(16)21-19(22(18)12-15-7-5-11-24-15)25-13-14-6-3-4-10-20-14/h1-4,6,8-10,15H,5,7,11-13H2/t15-/m0/s1. The van der Waals surface area contributed by atoms with Gasteiger partial charge in [0.1, 0.15) is 0 Å². The molecule has 0 amide bonds. The second-order valence-corrected chi connectivity index (χ2v) is 7.01. The summed E-state index contributed by atoms with van der Waals surface area (Å²) in [5.41, 5.74) is 1.71. The quantitative estimate of drug-likeness (QED) is 0.520. The van der Waals surface area contributed by atoms with E-state index in [2.05, 4.69) is 4.98 Å². The Morgan fingerprint density at radius 1 is 1.20 bits per heavy atom. The molecule has 0 N–H and O–H groups in total. The summed E-state index contributed by atoms with van der Waals surface area (Å²) >= 11 is 1.55. The molecule has 1 atom stereocenters. The van der Waals surface area contributed by atoms with Crippen molar-refractivity contribution < 1.29 is 4.74 Å². The minimum absolute atomic E-state index is 0.00428. The number of rotatable bonds is 5. The van der Waals surface area contributed by atoms with Gasteiger partial charge < -0.3 is 4.74 Å². The van der Waals surface area contributed by atoms with E-state index >= 15 is 0 Å². The lowest BCUT2D eigenvalue weighted by Crippen LogP contribution is -2.28. The molecule has 1 aromatic carbocycles. The average Bonchev–Trinajstić information content (AvgIpc) is 3.17. The van der Waals surface area contributed by atoms with Gasteiger partial charge in [-0.1, -0.05) is 30.0 Å². The number of fused-ring (bicyclic) bond motifs is 1. The van der Waals surface area contributed by atoms with Crippen molar-refractivity contribution in [1.82, 2.24) is 14.5 Å². The molecule has 1 aliphatic rings. The maximum absolute atomic E-state index is 13.0. The van der Waals surface area contributed by atoms with Gasteiger partial charge in [0.25, 0.3) is 5.56 Å². The number of benzene rings is 1. The Labute approximate surface area is 150 Å². The molecule has 3 heterocycles. The summed E-state index contributed by atoms with van der Waals surface area (Å²) in [5, 5.41) is 1.38. The van der Waals surface area contributed by atoms with Gasteiger partial charge in [-0.05, 0) is 37.1 Å². The first-order valence-corrected chi connectivity index (χ1v) is 9.44. The maximum atomic E-state index is 13.0. The van der Waals surface area contributed by atoms with Crippen molar-refractivity contribution in [3.8, 4) is 0 Å². The van der Waals surface area contributed by atoms with Crippen molar-refractivity contribution in [2.24, 2.45) is 0 Å². The van der Waals surface area contributed by atoms with Crippen LogP contribution in [0.5, 0.6) is 0 Å². The van der Waals surface area contributed by atoms with Crippen molar-refractivity contribution in [1.29, 1.82) is 0 Å². The average molecular weight is 353 g/mol. The molecule has 4 rings (SSSR count). The van der Waals surface area contributed by atoms with Crippen LogP contribution in [0.3, 0.4) is 0 Å². The summed E-state index contributed by atoms with van der Waals surface area (Å²) in [6, 6.07) is 13.4.